The van der Waals surface area contributed by atoms with Crippen molar-refractivity contribution in [2.75, 3.05) is 18.0 Å². The molecular weight excluding hydrogens is 310 g/mol. The van der Waals surface area contributed by atoms with E-state index >= 15 is 0 Å². The standard InChI is InChI=1S/C15H21BrClN/c1-11(2)12-5-7-18(8-6-12)14-4-3-13(10-16)15(17)9-14/h3-4,9,11-12H,5-8,10H2,1-2H3. The summed E-state index contributed by atoms with van der Waals surface area (Å²) in [6.45, 7) is 6.99. The largest absolute Gasteiger partial charge is 0.371 e. The van der Waals surface area contributed by atoms with Gasteiger partial charge in [0.05, 0.1) is 0 Å². The highest BCUT2D eigenvalue weighted by atomic mass is 79.9. The van der Waals surface area contributed by atoms with Crippen molar-refractivity contribution in [3.05, 3.63) is 28.8 Å². The fourth-order valence-corrected chi connectivity index (χ4v) is 3.56. The minimum absolute atomic E-state index is 0.812. The van der Waals surface area contributed by atoms with Gasteiger partial charge in [0, 0.05) is 29.1 Å². The van der Waals surface area contributed by atoms with Crippen molar-refractivity contribution in [3.63, 3.8) is 0 Å². The summed E-state index contributed by atoms with van der Waals surface area (Å²) in [6.07, 6.45) is 2.60. The number of benzene rings is 1. The van der Waals surface area contributed by atoms with Crippen LogP contribution >= 0.6 is 27.5 Å². The number of piperidine rings is 1. The van der Waals surface area contributed by atoms with E-state index in [4.69, 9.17) is 11.6 Å². The van der Waals surface area contributed by atoms with Gasteiger partial charge in [-0.3, -0.25) is 0 Å². The molecule has 1 heterocycles. The summed E-state index contributed by atoms with van der Waals surface area (Å²) in [7, 11) is 0. The van der Waals surface area contributed by atoms with Gasteiger partial charge in [0.1, 0.15) is 0 Å². The molecule has 0 saturated carbocycles. The van der Waals surface area contributed by atoms with E-state index in [-0.39, 0.29) is 0 Å². The van der Waals surface area contributed by atoms with Gasteiger partial charge in [0.25, 0.3) is 0 Å². The lowest BCUT2D eigenvalue weighted by molar-refractivity contribution is 0.311. The molecule has 0 aromatic heterocycles. The van der Waals surface area contributed by atoms with Crippen LogP contribution in [0.5, 0.6) is 0 Å². The van der Waals surface area contributed by atoms with Crippen molar-refractivity contribution in [2.45, 2.75) is 32.0 Å². The smallest absolute Gasteiger partial charge is 0.0467 e. The van der Waals surface area contributed by atoms with Gasteiger partial charge >= 0.3 is 0 Å². The zero-order valence-corrected chi connectivity index (χ0v) is 13.5. The molecule has 0 aliphatic carbocycles. The summed E-state index contributed by atoms with van der Waals surface area (Å²) in [6, 6.07) is 6.42. The predicted octanol–water partition coefficient (Wildman–Crippen LogP) is 5.11. The highest BCUT2D eigenvalue weighted by Crippen LogP contribution is 2.30. The predicted molar refractivity (Wildman–Crippen MR) is 83.9 cm³/mol. The summed E-state index contributed by atoms with van der Waals surface area (Å²) in [4.78, 5) is 2.46. The van der Waals surface area contributed by atoms with Gasteiger partial charge in [0.15, 0.2) is 0 Å². The average Bonchev–Trinajstić information content (AvgIpc) is 2.38. The topological polar surface area (TPSA) is 3.24 Å². The summed E-state index contributed by atoms with van der Waals surface area (Å²) in [5, 5.41) is 1.69. The van der Waals surface area contributed by atoms with Crippen LogP contribution in [0.25, 0.3) is 0 Å². The number of hydrogen-bond donors (Lipinski definition) is 0. The van der Waals surface area contributed by atoms with Crippen molar-refractivity contribution in [3.8, 4) is 0 Å². The third-order valence-electron chi connectivity index (χ3n) is 4.03. The number of nitrogens with zero attached hydrogens (tertiary/aromatic N) is 1. The average molecular weight is 331 g/mol. The summed E-state index contributed by atoms with van der Waals surface area (Å²) in [5.74, 6) is 1.70. The lowest BCUT2D eigenvalue weighted by atomic mass is 9.86. The van der Waals surface area contributed by atoms with Crippen molar-refractivity contribution in [1.29, 1.82) is 0 Å². The molecule has 0 unspecified atom stereocenters. The van der Waals surface area contributed by atoms with Crippen LogP contribution in [-0.2, 0) is 5.33 Å². The maximum absolute atomic E-state index is 6.27. The molecule has 0 atom stereocenters. The molecule has 1 saturated heterocycles. The van der Waals surface area contributed by atoms with E-state index in [1.807, 2.05) is 0 Å². The quantitative estimate of drug-likeness (QED) is 0.696. The SMILES string of the molecule is CC(C)C1CCN(c2ccc(CBr)c(Cl)c2)CC1. The molecule has 3 heteroatoms. The maximum Gasteiger partial charge on any atom is 0.0467 e. The van der Waals surface area contributed by atoms with Gasteiger partial charge in [0.2, 0.25) is 0 Å². The third kappa shape index (κ3) is 3.21. The van der Waals surface area contributed by atoms with Crippen LogP contribution in [0.1, 0.15) is 32.3 Å². The molecule has 1 aromatic rings. The van der Waals surface area contributed by atoms with Crippen LogP contribution in [0.2, 0.25) is 5.02 Å². The third-order valence-corrected chi connectivity index (χ3v) is 4.98. The first-order chi connectivity index (χ1) is 8.61. The first kappa shape index (κ1) is 14.2. The van der Waals surface area contributed by atoms with Crippen molar-refractivity contribution >= 4 is 33.2 Å². The molecule has 1 aromatic carbocycles. The van der Waals surface area contributed by atoms with E-state index in [9.17, 15) is 0 Å². The Balaban J connectivity index is 2.03. The second kappa shape index (κ2) is 6.29. The zero-order chi connectivity index (χ0) is 13.1. The zero-order valence-electron chi connectivity index (χ0n) is 11.1. The monoisotopic (exact) mass is 329 g/mol. The van der Waals surface area contributed by atoms with Crippen molar-refractivity contribution in [1.82, 2.24) is 0 Å². The van der Waals surface area contributed by atoms with E-state index in [2.05, 4.69) is 52.9 Å². The minimum atomic E-state index is 0.812. The highest BCUT2D eigenvalue weighted by Gasteiger charge is 2.21. The molecule has 18 heavy (non-hydrogen) atoms. The van der Waals surface area contributed by atoms with Crippen LogP contribution in [0.15, 0.2) is 18.2 Å². The Morgan fingerprint density at radius 2 is 2.00 bits per heavy atom. The Hall–Kier alpha value is -0.210. The van der Waals surface area contributed by atoms with Gasteiger partial charge in [-0.05, 0) is 42.4 Å². The molecule has 0 spiro atoms. The van der Waals surface area contributed by atoms with Gasteiger partial charge in [-0.25, -0.2) is 0 Å². The van der Waals surface area contributed by atoms with Gasteiger partial charge in [-0.2, -0.15) is 0 Å². The van der Waals surface area contributed by atoms with Crippen molar-refractivity contribution in [2.24, 2.45) is 11.8 Å². The van der Waals surface area contributed by atoms with Crippen LogP contribution < -0.4 is 4.90 Å². The summed E-state index contributed by atoms with van der Waals surface area (Å²) in [5.41, 5.74) is 2.43. The van der Waals surface area contributed by atoms with Crippen LogP contribution in [0, 0.1) is 11.8 Å². The van der Waals surface area contributed by atoms with Gasteiger partial charge in [-0.15, -0.1) is 0 Å². The molecule has 0 amide bonds. The van der Waals surface area contributed by atoms with E-state index in [1.165, 1.54) is 18.5 Å². The number of anilines is 1. The fraction of sp³-hybridized carbons (Fsp3) is 0.600. The highest BCUT2D eigenvalue weighted by molar-refractivity contribution is 9.08. The fourth-order valence-electron chi connectivity index (χ4n) is 2.67. The molecule has 1 fully saturated rings. The lowest BCUT2D eigenvalue weighted by Crippen LogP contribution is -2.35. The Kier molecular flexibility index (Phi) is 4.97. The normalized spacial score (nSPS) is 17.5. The Bertz CT molecular complexity index is 397. The molecule has 2 rings (SSSR count). The van der Waals surface area contributed by atoms with Crippen LogP contribution in [0.3, 0.4) is 0 Å². The van der Waals surface area contributed by atoms with Crippen LogP contribution in [0.4, 0.5) is 5.69 Å². The van der Waals surface area contributed by atoms with Crippen LogP contribution in [-0.4, -0.2) is 13.1 Å². The van der Waals surface area contributed by atoms with E-state index in [0.29, 0.717) is 0 Å². The number of hydrogen-bond acceptors (Lipinski definition) is 1. The summed E-state index contributed by atoms with van der Waals surface area (Å²) >= 11 is 9.73. The molecule has 100 valence electrons. The summed E-state index contributed by atoms with van der Waals surface area (Å²) < 4.78 is 0. The van der Waals surface area contributed by atoms with E-state index < -0.39 is 0 Å². The number of halogens is 2. The molecular formula is C15H21BrClN. The molecule has 0 radical (unpaired) electrons. The number of rotatable bonds is 3. The Labute approximate surface area is 124 Å². The molecule has 1 aliphatic rings. The van der Waals surface area contributed by atoms with Gasteiger partial charge in [-0.1, -0.05) is 47.4 Å². The molecule has 1 aliphatic heterocycles. The first-order valence-corrected chi connectivity index (χ1v) is 8.21. The minimum Gasteiger partial charge on any atom is -0.371 e. The molecule has 0 N–H and O–H groups in total. The second-order valence-corrected chi connectivity index (χ2v) is 6.45. The molecule has 1 nitrogen and oxygen atoms in total. The van der Waals surface area contributed by atoms with Crippen molar-refractivity contribution < 1.29 is 0 Å². The Morgan fingerprint density at radius 1 is 1.33 bits per heavy atom. The Morgan fingerprint density at radius 3 is 2.50 bits per heavy atom. The van der Waals surface area contributed by atoms with E-state index in [0.717, 1.165) is 40.8 Å². The molecule has 0 bridgehead atoms. The lowest BCUT2D eigenvalue weighted by Gasteiger charge is -2.35. The number of alkyl halides is 1. The van der Waals surface area contributed by atoms with Gasteiger partial charge < -0.3 is 4.90 Å². The maximum atomic E-state index is 6.27. The first-order valence-electron chi connectivity index (χ1n) is 6.71. The van der Waals surface area contributed by atoms with E-state index in [1.54, 1.807) is 0 Å². The second-order valence-electron chi connectivity index (χ2n) is 5.48.